The normalized spacial score (nSPS) is 12.4. The quantitative estimate of drug-likeness (QED) is 0.719. The van der Waals surface area contributed by atoms with E-state index < -0.39 is 6.10 Å². The van der Waals surface area contributed by atoms with Gasteiger partial charge in [-0.15, -0.1) is 0 Å². The summed E-state index contributed by atoms with van der Waals surface area (Å²) in [5, 5.41) is 2.80. The first kappa shape index (κ1) is 20.7. The number of hydrogen-bond donors (Lipinski definition) is 1. The largest absolute Gasteiger partial charge is 0.493 e. The van der Waals surface area contributed by atoms with E-state index in [-0.39, 0.29) is 11.3 Å². The van der Waals surface area contributed by atoms with Crippen LogP contribution in [0.3, 0.4) is 0 Å². The van der Waals surface area contributed by atoms with E-state index in [9.17, 15) is 4.79 Å². The lowest BCUT2D eigenvalue weighted by atomic mass is 9.82. The Morgan fingerprint density at radius 1 is 1.22 bits per heavy atom. The van der Waals surface area contributed by atoms with Gasteiger partial charge in [-0.25, -0.2) is 4.98 Å². The van der Waals surface area contributed by atoms with E-state index in [0.717, 1.165) is 12.0 Å². The molecule has 1 heterocycles. The smallest absolute Gasteiger partial charge is 0.266 e. The van der Waals surface area contributed by atoms with Crippen molar-refractivity contribution >= 4 is 11.7 Å². The molecule has 1 N–H and O–H groups in total. The van der Waals surface area contributed by atoms with Crippen LogP contribution in [0.1, 0.15) is 51.7 Å². The van der Waals surface area contributed by atoms with Gasteiger partial charge < -0.3 is 14.8 Å². The summed E-state index contributed by atoms with van der Waals surface area (Å²) in [4.78, 5) is 16.9. The molecular formula is C22H30N2O3. The Labute approximate surface area is 162 Å². The number of anilines is 1. The number of methoxy groups -OCH3 is 1. The summed E-state index contributed by atoms with van der Waals surface area (Å²) in [6.07, 6.45) is 2.68. The van der Waals surface area contributed by atoms with Crippen LogP contribution in [0.4, 0.5) is 5.82 Å². The van der Waals surface area contributed by atoms with Crippen LogP contribution in [0.2, 0.25) is 0 Å². The van der Waals surface area contributed by atoms with E-state index in [0.29, 0.717) is 23.7 Å². The molecule has 1 unspecified atom stereocenters. The maximum absolute atomic E-state index is 12.6. The number of aromatic nitrogens is 1. The number of nitrogens with one attached hydrogen (secondary N) is 1. The van der Waals surface area contributed by atoms with E-state index in [1.165, 1.54) is 5.56 Å². The topological polar surface area (TPSA) is 60.5 Å². The summed E-state index contributed by atoms with van der Waals surface area (Å²) < 4.78 is 11.2. The zero-order valence-corrected chi connectivity index (χ0v) is 17.1. The second-order valence-corrected chi connectivity index (χ2v) is 7.33. The van der Waals surface area contributed by atoms with Crippen LogP contribution < -0.4 is 14.8 Å². The van der Waals surface area contributed by atoms with Crippen molar-refractivity contribution in [3.05, 3.63) is 47.7 Å². The van der Waals surface area contributed by atoms with Crippen molar-refractivity contribution in [1.82, 2.24) is 4.98 Å². The number of benzene rings is 1. The molecule has 1 atom stereocenters. The molecule has 146 valence electrons. The van der Waals surface area contributed by atoms with E-state index in [1.807, 2.05) is 32.0 Å². The van der Waals surface area contributed by atoms with Gasteiger partial charge in [0.15, 0.2) is 17.7 Å². The molecule has 2 aromatic rings. The molecule has 0 radical (unpaired) electrons. The first-order chi connectivity index (χ1) is 12.8. The lowest BCUT2D eigenvalue weighted by Gasteiger charge is -2.24. The fourth-order valence-corrected chi connectivity index (χ4v) is 2.66. The van der Waals surface area contributed by atoms with Crippen LogP contribution >= 0.6 is 0 Å². The highest BCUT2D eigenvalue weighted by Crippen LogP contribution is 2.28. The van der Waals surface area contributed by atoms with Gasteiger partial charge in [0, 0.05) is 6.20 Å². The molecule has 0 aliphatic carbocycles. The molecular weight excluding hydrogens is 340 g/mol. The minimum atomic E-state index is -0.608. The number of rotatable bonds is 8. The molecule has 2 rings (SSSR count). The van der Waals surface area contributed by atoms with E-state index in [2.05, 4.69) is 43.2 Å². The predicted octanol–water partition coefficient (Wildman–Crippen LogP) is 4.88. The number of carbonyl (C=O) groups is 1. The summed E-state index contributed by atoms with van der Waals surface area (Å²) in [6, 6.07) is 9.81. The fourth-order valence-electron chi connectivity index (χ4n) is 2.66. The summed E-state index contributed by atoms with van der Waals surface area (Å²) >= 11 is 0. The highest BCUT2D eigenvalue weighted by atomic mass is 16.5. The first-order valence-electron chi connectivity index (χ1n) is 9.39. The second-order valence-electron chi connectivity index (χ2n) is 7.33. The zero-order valence-electron chi connectivity index (χ0n) is 17.1. The molecule has 5 heteroatoms. The van der Waals surface area contributed by atoms with Crippen LogP contribution in [0, 0.1) is 6.92 Å². The van der Waals surface area contributed by atoms with Gasteiger partial charge in [-0.2, -0.15) is 0 Å². The van der Waals surface area contributed by atoms with Crippen LogP contribution in [0.15, 0.2) is 36.5 Å². The number of pyridine rings is 1. The number of amides is 1. The van der Waals surface area contributed by atoms with Gasteiger partial charge in [-0.3, -0.25) is 4.79 Å². The van der Waals surface area contributed by atoms with Gasteiger partial charge in [0.05, 0.1) is 7.11 Å². The summed E-state index contributed by atoms with van der Waals surface area (Å²) in [5.41, 5.74) is 2.33. The lowest BCUT2D eigenvalue weighted by Crippen LogP contribution is -2.32. The van der Waals surface area contributed by atoms with Crippen LogP contribution in [-0.4, -0.2) is 24.1 Å². The Hall–Kier alpha value is -2.56. The fraction of sp³-hybridized carbons (Fsp3) is 0.455. The first-order valence-corrected chi connectivity index (χ1v) is 9.39. The summed E-state index contributed by atoms with van der Waals surface area (Å²) in [7, 11) is 1.55. The molecule has 0 bridgehead atoms. The summed E-state index contributed by atoms with van der Waals surface area (Å²) in [5.74, 6) is 1.36. The minimum Gasteiger partial charge on any atom is -0.493 e. The number of ether oxygens (including phenoxy) is 2. The Kier molecular flexibility index (Phi) is 6.83. The SMILES string of the molecule is CCC(Oc1ccc(C(C)(C)CC)cc1)C(=O)Nc1ncc(C)cc1OC. The molecule has 0 aliphatic heterocycles. The zero-order chi connectivity index (χ0) is 20.0. The molecule has 0 spiro atoms. The van der Waals surface area contributed by atoms with Gasteiger partial charge in [0.25, 0.3) is 5.91 Å². The third-order valence-corrected chi connectivity index (χ3v) is 4.91. The number of aryl methyl sites for hydroxylation is 1. The van der Waals surface area contributed by atoms with Crippen molar-refractivity contribution in [2.24, 2.45) is 0 Å². The lowest BCUT2D eigenvalue weighted by molar-refractivity contribution is -0.122. The van der Waals surface area contributed by atoms with Crippen LogP contribution in [0.5, 0.6) is 11.5 Å². The monoisotopic (exact) mass is 370 g/mol. The van der Waals surface area contributed by atoms with Crippen molar-refractivity contribution in [2.75, 3.05) is 12.4 Å². The van der Waals surface area contributed by atoms with Gasteiger partial charge in [-0.05, 0) is 54.5 Å². The molecule has 5 nitrogen and oxygen atoms in total. The van der Waals surface area contributed by atoms with Gasteiger partial charge in [0.1, 0.15) is 5.75 Å². The Morgan fingerprint density at radius 2 is 1.89 bits per heavy atom. The van der Waals surface area contributed by atoms with Crippen molar-refractivity contribution in [3.63, 3.8) is 0 Å². The molecule has 1 aromatic carbocycles. The molecule has 1 amide bonds. The van der Waals surface area contributed by atoms with Gasteiger partial charge in [0.2, 0.25) is 0 Å². The Balaban J connectivity index is 2.09. The third-order valence-electron chi connectivity index (χ3n) is 4.91. The van der Waals surface area contributed by atoms with Crippen molar-refractivity contribution in [2.45, 2.75) is 59.0 Å². The maximum Gasteiger partial charge on any atom is 0.266 e. The molecule has 1 aromatic heterocycles. The van der Waals surface area contributed by atoms with Crippen molar-refractivity contribution in [1.29, 1.82) is 0 Å². The van der Waals surface area contributed by atoms with Gasteiger partial charge >= 0.3 is 0 Å². The standard InChI is InChI=1S/C22H30N2O3/c1-7-18(21(25)24-20-19(26-6)13-15(3)14-23-20)27-17-11-9-16(10-12-17)22(4,5)8-2/h9-14,18H,7-8H2,1-6H3,(H,23,24,25). The number of hydrogen-bond acceptors (Lipinski definition) is 4. The van der Waals surface area contributed by atoms with E-state index in [4.69, 9.17) is 9.47 Å². The molecule has 0 saturated carbocycles. The highest BCUT2D eigenvalue weighted by Gasteiger charge is 2.22. The van der Waals surface area contributed by atoms with E-state index in [1.54, 1.807) is 13.3 Å². The minimum absolute atomic E-state index is 0.119. The van der Waals surface area contributed by atoms with Crippen molar-refractivity contribution in [3.8, 4) is 11.5 Å². The molecule has 0 aliphatic rings. The maximum atomic E-state index is 12.6. The Bertz CT molecular complexity index is 770. The molecule has 0 saturated heterocycles. The Morgan fingerprint density at radius 3 is 2.44 bits per heavy atom. The predicted molar refractivity (Wildman–Crippen MR) is 109 cm³/mol. The average Bonchev–Trinajstić information content (AvgIpc) is 2.67. The van der Waals surface area contributed by atoms with Crippen LogP contribution in [-0.2, 0) is 10.2 Å². The second kappa shape index (κ2) is 8.89. The summed E-state index contributed by atoms with van der Waals surface area (Å²) in [6.45, 7) is 10.4. The third kappa shape index (κ3) is 5.22. The average molecular weight is 370 g/mol. The van der Waals surface area contributed by atoms with E-state index >= 15 is 0 Å². The van der Waals surface area contributed by atoms with Gasteiger partial charge in [-0.1, -0.05) is 39.8 Å². The van der Waals surface area contributed by atoms with Crippen molar-refractivity contribution < 1.29 is 14.3 Å². The molecule has 27 heavy (non-hydrogen) atoms. The number of carbonyl (C=O) groups excluding carboxylic acids is 1. The molecule has 0 fully saturated rings. The highest BCUT2D eigenvalue weighted by molar-refractivity contribution is 5.94. The number of nitrogens with zero attached hydrogens (tertiary/aromatic N) is 1. The van der Waals surface area contributed by atoms with Crippen LogP contribution in [0.25, 0.3) is 0 Å².